The summed E-state index contributed by atoms with van der Waals surface area (Å²) in [6, 6.07) is 17.3. The van der Waals surface area contributed by atoms with Crippen molar-refractivity contribution in [1.82, 2.24) is 5.32 Å². The van der Waals surface area contributed by atoms with Crippen molar-refractivity contribution >= 4 is 45.2 Å². The Hall–Kier alpha value is -2.56. The lowest BCUT2D eigenvalue weighted by Gasteiger charge is -2.25. The van der Waals surface area contributed by atoms with Crippen LogP contribution in [0.4, 0.5) is 5.69 Å². The van der Waals surface area contributed by atoms with Crippen molar-refractivity contribution in [3.8, 4) is 6.07 Å². The molecule has 28 heavy (non-hydrogen) atoms. The zero-order valence-corrected chi connectivity index (χ0v) is 17.6. The molecule has 2 aromatic rings. The number of halogens is 1. The number of benzene rings is 2. The smallest absolute Gasteiger partial charge is 0.234 e. The first-order chi connectivity index (χ1) is 13.5. The number of nitriles is 1. The van der Waals surface area contributed by atoms with Crippen LogP contribution in [0.1, 0.15) is 23.5 Å². The molecular weight excluding hydrogens is 438 g/mol. The average Bonchev–Trinajstić information content (AvgIpc) is 2.67. The van der Waals surface area contributed by atoms with Crippen molar-refractivity contribution in [3.63, 3.8) is 0 Å². The number of nitrogens with zero attached hydrogens (tertiary/aromatic N) is 1. The fourth-order valence-electron chi connectivity index (χ4n) is 2.98. The van der Waals surface area contributed by atoms with E-state index in [1.807, 2.05) is 55.5 Å². The molecule has 0 aromatic heterocycles. The molecule has 1 atom stereocenters. The summed E-state index contributed by atoms with van der Waals surface area (Å²) in [4.78, 5) is 24.5. The minimum atomic E-state index is -0.321. The van der Waals surface area contributed by atoms with Gasteiger partial charge in [0.25, 0.3) is 0 Å². The number of anilines is 1. The van der Waals surface area contributed by atoms with Crippen LogP contribution in [0.15, 0.2) is 63.6 Å². The van der Waals surface area contributed by atoms with E-state index >= 15 is 0 Å². The first kappa shape index (κ1) is 20.2. The molecule has 7 heteroatoms. The van der Waals surface area contributed by atoms with Gasteiger partial charge < -0.3 is 10.6 Å². The summed E-state index contributed by atoms with van der Waals surface area (Å²) in [5.74, 6) is -0.577. The van der Waals surface area contributed by atoms with Crippen LogP contribution in [0.5, 0.6) is 0 Å². The van der Waals surface area contributed by atoms with Crippen molar-refractivity contribution in [3.05, 3.63) is 74.7 Å². The minimum Gasteiger partial charge on any atom is -0.325 e. The zero-order chi connectivity index (χ0) is 20.1. The summed E-state index contributed by atoms with van der Waals surface area (Å²) in [5.41, 5.74) is 3.09. The number of amides is 2. The van der Waals surface area contributed by atoms with Gasteiger partial charge in [-0.2, -0.15) is 5.26 Å². The Morgan fingerprint density at radius 2 is 2.11 bits per heavy atom. The van der Waals surface area contributed by atoms with Gasteiger partial charge in [0.1, 0.15) is 0 Å². The third kappa shape index (κ3) is 4.83. The number of hydrogen-bond donors (Lipinski definition) is 2. The minimum absolute atomic E-state index is 0.0976. The lowest BCUT2D eigenvalue weighted by molar-refractivity contribution is -0.121. The van der Waals surface area contributed by atoms with Gasteiger partial charge in [-0.05, 0) is 36.2 Å². The highest BCUT2D eigenvalue weighted by Crippen LogP contribution is 2.36. The molecule has 2 amide bonds. The monoisotopic (exact) mass is 455 g/mol. The predicted octanol–water partition coefficient (Wildman–Crippen LogP) is 4.47. The Balaban J connectivity index is 1.77. The Labute approximate surface area is 176 Å². The van der Waals surface area contributed by atoms with Gasteiger partial charge in [0.2, 0.25) is 11.8 Å². The Bertz CT molecular complexity index is 997. The standard InChI is InChI=1S/C21H18BrN3O2S/c1-13-5-2-3-8-18(13)24-20(27)12-28-21-17(11-23)16(10-19(26)25-21)14-6-4-7-15(22)9-14/h2-9,16H,10,12H2,1H3,(H,24,27)(H,25,26). The van der Waals surface area contributed by atoms with Gasteiger partial charge in [-0.25, -0.2) is 0 Å². The van der Waals surface area contributed by atoms with Gasteiger partial charge in [0.15, 0.2) is 0 Å². The average molecular weight is 456 g/mol. The fraction of sp³-hybridized carbons (Fsp3) is 0.190. The summed E-state index contributed by atoms with van der Waals surface area (Å²) < 4.78 is 0.889. The molecule has 1 heterocycles. The van der Waals surface area contributed by atoms with E-state index in [4.69, 9.17) is 0 Å². The number of thioether (sulfide) groups is 1. The molecule has 0 spiro atoms. The van der Waals surface area contributed by atoms with E-state index < -0.39 is 0 Å². The molecular formula is C21H18BrN3O2S. The van der Waals surface area contributed by atoms with Crippen molar-refractivity contribution in [2.24, 2.45) is 0 Å². The highest BCUT2D eigenvalue weighted by Gasteiger charge is 2.30. The quantitative estimate of drug-likeness (QED) is 0.696. The molecule has 0 radical (unpaired) electrons. The summed E-state index contributed by atoms with van der Waals surface area (Å²) in [7, 11) is 0. The SMILES string of the molecule is Cc1ccccc1NC(=O)CSC1=C(C#N)C(c2cccc(Br)c2)CC(=O)N1. The fourth-order valence-corrected chi connectivity index (χ4v) is 4.27. The molecule has 1 aliphatic rings. The third-order valence-electron chi connectivity index (χ3n) is 4.37. The van der Waals surface area contributed by atoms with Crippen molar-refractivity contribution in [1.29, 1.82) is 5.26 Å². The summed E-state index contributed by atoms with van der Waals surface area (Å²) in [6.07, 6.45) is 0.207. The Morgan fingerprint density at radius 3 is 2.82 bits per heavy atom. The highest BCUT2D eigenvalue weighted by atomic mass is 79.9. The predicted molar refractivity (Wildman–Crippen MR) is 115 cm³/mol. The van der Waals surface area contributed by atoms with Gasteiger partial charge in [-0.15, -0.1) is 0 Å². The number of carbonyl (C=O) groups is 2. The number of carbonyl (C=O) groups excluding carboxylic acids is 2. The van der Waals surface area contributed by atoms with E-state index in [0.29, 0.717) is 10.6 Å². The van der Waals surface area contributed by atoms with Gasteiger partial charge >= 0.3 is 0 Å². The molecule has 0 fully saturated rings. The number of para-hydroxylation sites is 1. The van der Waals surface area contributed by atoms with Crippen LogP contribution >= 0.6 is 27.7 Å². The summed E-state index contributed by atoms with van der Waals surface area (Å²) >= 11 is 4.60. The van der Waals surface area contributed by atoms with Crippen LogP contribution in [0.25, 0.3) is 0 Å². The van der Waals surface area contributed by atoms with Crippen LogP contribution in [-0.4, -0.2) is 17.6 Å². The molecule has 0 aliphatic carbocycles. The molecule has 2 aromatic carbocycles. The van der Waals surface area contributed by atoms with E-state index in [1.165, 1.54) is 11.8 Å². The molecule has 1 unspecified atom stereocenters. The van der Waals surface area contributed by atoms with Crippen molar-refractivity contribution < 1.29 is 9.59 Å². The van der Waals surface area contributed by atoms with Gasteiger partial charge in [-0.1, -0.05) is 58.0 Å². The third-order valence-corrected chi connectivity index (χ3v) is 5.88. The first-order valence-corrected chi connectivity index (χ1v) is 10.4. The van der Waals surface area contributed by atoms with Gasteiger partial charge in [0, 0.05) is 22.5 Å². The maximum atomic E-state index is 12.3. The molecule has 5 nitrogen and oxygen atoms in total. The molecule has 1 aliphatic heterocycles. The molecule has 0 saturated carbocycles. The van der Waals surface area contributed by atoms with Crippen LogP contribution in [-0.2, 0) is 9.59 Å². The maximum absolute atomic E-state index is 12.3. The number of rotatable bonds is 5. The first-order valence-electron chi connectivity index (χ1n) is 8.66. The number of aryl methyl sites for hydroxylation is 1. The van der Waals surface area contributed by atoms with E-state index in [-0.39, 0.29) is 29.9 Å². The van der Waals surface area contributed by atoms with Crippen LogP contribution in [0.2, 0.25) is 0 Å². The topological polar surface area (TPSA) is 82.0 Å². The zero-order valence-electron chi connectivity index (χ0n) is 15.2. The Morgan fingerprint density at radius 1 is 1.32 bits per heavy atom. The summed E-state index contributed by atoms with van der Waals surface area (Å²) in [5, 5.41) is 15.8. The van der Waals surface area contributed by atoms with Crippen molar-refractivity contribution in [2.75, 3.05) is 11.1 Å². The van der Waals surface area contributed by atoms with E-state index in [9.17, 15) is 14.9 Å². The highest BCUT2D eigenvalue weighted by molar-refractivity contribution is 9.10. The molecule has 2 N–H and O–H groups in total. The Kier molecular flexibility index (Phi) is 6.55. The van der Waals surface area contributed by atoms with Crippen molar-refractivity contribution in [2.45, 2.75) is 19.3 Å². The van der Waals surface area contributed by atoms with E-state index in [2.05, 4.69) is 32.6 Å². The molecule has 0 saturated heterocycles. The second kappa shape index (κ2) is 9.09. The normalized spacial score (nSPS) is 16.3. The maximum Gasteiger partial charge on any atom is 0.234 e. The second-order valence-electron chi connectivity index (χ2n) is 6.37. The second-order valence-corrected chi connectivity index (χ2v) is 8.27. The van der Waals surface area contributed by atoms with Crippen LogP contribution in [0.3, 0.4) is 0 Å². The molecule has 0 bridgehead atoms. The van der Waals surface area contributed by atoms with E-state index in [1.54, 1.807) is 0 Å². The summed E-state index contributed by atoms with van der Waals surface area (Å²) in [6.45, 7) is 1.92. The number of allylic oxidation sites excluding steroid dienone is 1. The number of hydrogen-bond acceptors (Lipinski definition) is 4. The van der Waals surface area contributed by atoms with E-state index in [0.717, 1.165) is 21.3 Å². The van der Waals surface area contributed by atoms with Crippen LogP contribution in [0, 0.1) is 18.3 Å². The van der Waals surface area contributed by atoms with Gasteiger partial charge in [0.05, 0.1) is 22.4 Å². The lowest BCUT2D eigenvalue weighted by Crippen LogP contribution is -2.31. The molecule has 142 valence electrons. The van der Waals surface area contributed by atoms with Gasteiger partial charge in [-0.3, -0.25) is 9.59 Å². The lowest BCUT2D eigenvalue weighted by atomic mass is 9.87. The number of nitrogens with one attached hydrogen (secondary N) is 2. The van der Waals surface area contributed by atoms with Crippen LogP contribution < -0.4 is 10.6 Å². The largest absolute Gasteiger partial charge is 0.325 e. The molecule has 3 rings (SSSR count).